The molecule has 1 aliphatic carbocycles. The Labute approximate surface area is 624 Å². The predicted molar refractivity (Wildman–Crippen MR) is 404 cm³/mol. The van der Waals surface area contributed by atoms with Crippen LogP contribution in [0.15, 0.2) is 136 Å². The third-order valence-corrected chi connectivity index (χ3v) is 21.5. The maximum atomic E-state index is 12.5. The number of amides is 11. The molecule has 35 heteroatoms. The van der Waals surface area contributed by atoms with E-state index in [-0.39, 0.29) is 84.5 Å². The number of methoxy groups -OCH3 is 1. The lowest BCUT2D eigenvalue weighted by molar-refractivity contribution is -0.140. The first kappa shape index (κ1) is 77.4. The highest BCUT2D eigenvalue weighted by molar-refractivity contribution is 7.21. The van der Waals surface area contributed by atoms with Gasteiger partial charge in [0.05, 0.1) is 93.0 Å². The summed E-state index contributed by atoms with van der Waals surface area (Å²) in [5.41, 5.74) is 5.47. The number of aryl methyl sites for hydroxylation is 2. The zero-order valence-corrected chi connectivity index (χ0v) is 62.0. The smallest absolute Gasteiger partial charge is 0.414 e. The van der Waals surface area contributed by atoms with Crippen LogP contribution in [-0.4, -0.2) is 120 Å². The molecule has 0 saturated heterocycles. The average Bonchev–Trinajstić information content (AvgIpc) is 1.69. The number of alkyl carbamates (subject to hydrolysis) is 3. The van der Waals surface area contributed by atoms with Crippen LogP contribution in [0.1, 0.15) is 126 Å². The number of carbonyl (C=O) groups is 12. The van der Waals surface area contributed by atoms with Gasteiger partial charge in [0.1, 0.15) is 25.0 Å². The van der Waals surface area contributed by atoms with Gasteiger partial charge in [0.15, 0.2) is 10.0 Å². The number of hydrogen-bond donors (Lipinski definition) is 8. The Bertz CT molecular complexity index is 4820. The lowest BCUT2D eigenvalue weighted by Gasteiger charge is -2.08. The van der Waals surface area contributed by atoms with Gasteiger partial charge in [0, 0.05) is 22.4 Å². The molecule has 11 aromatic rings. The van der Waals surface area contributed by atoms with Crippen LogP contribution >= 0.6 is 90.7 Å². The van der Waals surface area contributed by atoms with Crippen molar-refractivity contribution in [2.24, 2.45) is 0 Å². The minimum Gasteiger partial charge on any atom is -0.469 e. The fraction of sp³-hybridized carbons (Fsp3) is 0.203. The fourth-order valence-corrected chi connectivity index (χ4v) is 16.1. The van der Waals surface area contributed by atoms with Crippen LogP contribution in [0, 0.1) is 0 Å². The lowest BCUT2D eigenvalue weighted by Crippen LogP contribution is -2.31. The number of imide groups is 3. The number of nitrogens with one attached hydrogen (secondary N) is 8. The van der Waals surface area contributed by atoms with Crippen LogP contribution in [0.3, 0.4) is 0 Å². The summed E-state index contributed by atoms with van der Waals surface area (Å²) in [7, 11) is 1.29. The summed E-state index contributed by atoms with van der Waals surface area (Å²) in [6.07, 6.45) is 2.10. The minimum absolute atomic E-state index is 0.0831. The van der Waals surface area contributed by atoms with E-state index in [1.54, 1.807) is 59.8 Å². The van der Waals surface area contributed by atoms with Crippen molar-refractivity contribution in [3.8, 4) is 11.3 Å². The van der Waals surface area contributed by atoms with Crippen molar-refractivity contribution >= 4 is 203 Å². The number of thiazole rings is 3. The van der Waals surface area contributed by atoms with Crippen molar-refractivity contribution in [1.82, 2.24) is 36.2 Å². The Morgan fingerprint density at radius 2 is 0.933 bits per heavy atom. The Hall–Kier alpha value is -10.8. The third-order valence-electron chi connectivity index (χ3n) is 14.0. The topological polar surface area (TPSA) is 377 Å². The highest BCUT2D eigenvalue weighted by Gasteiger charge is 2.25. The van der Waals surface area contributed by atoms with Gasteiger partial charge in [-0.1, -0.05) is 54.6 Å². The molecule has 0 spiro atoms. The highest BCUT2D eigenvalue weighted by Crippen LogP contribution is 2.33. The van der Waals surface area contributed by atoms with Crippen molar-refractivity contribution < 1.29 is 76.5 Å². The van der Waals surface area contributed by atoms with Crippen molar-refractivity contribution in [2.45, 2.75) is 59.3 Å². The normalized spacial score (nSPS) is 11.0. The molecule has 1 aliphatic rings. The van der Waals surface area contributed by atoms with Gasteiger partial charge in [-0.05, 0) is 128 Å². The molecule has 0 bridgehead atoms. The van der Waals surface area contributed by atoms with Gasteiger partial charge in [-0.15, -0.1) is 90.7 Å². The third kappa shape index (κ3) is 21.9. The van der Waals surface area contributed by atoms with Crippen molar-refractivity contribution in [3.05, 3.63) is 189 Å². The number of ether oxygens (including phenoxy) is 4. The average molecular weight is 1560 g/mol. The van der Waals surface area contributed by atoms with E-state index in [0.717, 1.165) is 51.7 Å². The number of aromatic nitrogens is 3. The molecule has 11 amide bonds. The zero-order valence-electron chi connectivity index (χ0n) is 55.5. The molecule has 0 saturated carbocycles. The van der Waals surface area contributed by atoms with Gasteiger partial charge >= 0.3 is 24.2 Å². The molecule has 0 atom stereocenters. The molecule has 8 N–H and O–H groups in total. The zero-order chi connectivity index (χ0) is 74.1. The maximum Gasteiger partial charge on any atom is 0.414 e. The quantitative estimate of drug-likeness (QED) is 0.0259. The number of hydrogen-bond acceptors (Lipinski definition) is 27. The number of benzene rings is 3. The summed E-state index contributed by atoms with van der Waals surface area (Å²) in [6.45, 7) is 5.58. The fourth-order valence-electron chi connectivity index (χ4n) is 9.27. The van der Waals surface area contributed by atoms with Gasteiger partial charge in [0.25, 0.3) is 41.4 Å². The lowest BCUT2D eigenvalue weighted by atomic mass is 9.99. The van der Waals surface area contributed by atoms with Crippen molar-refractivity contribution in [2.75, 3.05) is 54.7 Å². The van der Waals surface area contributed by atoms with Crippen molar-refractivity contribution in [3.63, 3.8) is 0 Å². The maximum absolute atomic E-state index is 12.5. The van der Waals surface area contributed by atoms with E-state index in [0.29, 0.717) is 46.2 Å². The first-order chi connectivity index (χ1) is 50.3. The number of anilines is 4. The van der Waals surface area contributed by atoms with Crippen LogP contribution in [0.5, 0.6) is 0 Å². The van der Waals surface area contributed by atoms with E-state index in [9.17, 15) is 57.5 Å². The molecule has 3 aromatic carbocycles. The Morgan fingerprint density at radius 3 is 1.44 bits per heavy atom. The number of esters is 1. The van der Waals surface area contributed by atoms with E-state index in [1.807, 2.05) is 84.9 Å². The predicted octanol–water partition coefficient (Wildman–Crippen LogP) is 14.2. The largest absolute Gasteiger partial charge is 0.469 e. The van der Waals surface area contributed by atoms with E-state index < -0.39 is 47.9 Å². The van der Waals surface area contributed by atoms with Crippen LogP contribution < -0.4 is 42.5 Å². The number of para-hydroxylation sites is 2. The Balaban J connectivity index is 0.000000161. The SMILES string of the molecule is CCOC(=O)NC(=O)c1ccsc1NC(=O)Cc1nc2ccccc2s1.CCOC(=O)NC(=O)c1ccsc1NC(=O)c1cc2c(s1)CCCC2.CCOC(=O)NC(=O)c1ccsc1NC(=O)c1nc(-c2ccccc2)cs1.COC(=O)CCNC(=O)c1ccsc1NC(=O)c1nc2ccccc2s1. The first-order valence-electron chi connectivity index (χ1n) is 31.5. The second kappa shape index (κ2) is 38.5. The van der Waals surface area contributed by atoms with E-state index in [1.165, 1.54) is 120 Å². The van der Waals surface area contributed by atoms with Gasteiger partial charge in [-0.2, -0.15) is 0 Å². The summed E-state index contributed by atoms with van der Waals surface area (Å²) in [6, 6.07) is 32.8. The molecule has 0 unspecified atom stereocenters. The van der Waals surface area contributed by atoms with Gasteiger partial charge < -0.3 is 45.5 Å². The minimum atomic E-state index is -0.835. The van der Waals surface area contributed by atoms with Gasteiger partial charge in [0.2, 0.25) is 5.91 Å². The Morgan fingerprint density at radius 1 is 0.462 bits per heavy atom. The molecule has 0 fully saturated rings. The van der Waals surface area contributed by atoms with Crippen LogP contribution in [0.2, 0.25) is 0 Å². The molecule has 12 rings (SSSR count). The summed E-state index contributed by atoms with van der Waals surface area (Å²) in [5.74, 6) is -3.93. The Kier molecular flexibility index (Phi) is 28.6. The molecule has 8 aromatic heterocycles. The van der Waals surface area contributed by atoms with Gasteiger partial charge in [-0.25, -0.2) is 29.3 Å². The van der Waals surface area contributed by atoms with E-state index in [4.69, 9.17) is 4.74 Å². The number of rotatable bonds is 20. The number of carbonyl (C=O) groups excluding carboxylic acids is 12. The van der Waals surface area contributed by atoms with E-state index >= 15 is 0 Å². The number of thiophene rings is 5. The van der Waals surface area contributed by atoms with E-state index in [2.05, 4.69) is 71.7 Å². The number of nitrogens with zero attached hydrogens (tertiary/aromatic N) is 3. The molecule has 0 radical (unpaired) electrons. The molecule has 0 aliphatic heterocycles. The standard InChI is InChI=1S/C18H15N3O4S2.2C17H15N3O4S2.C17H18N2O4S2/c1-2-25-18(24)21-14(22)12-8-9-26-16(12)20-15(23)17-19-13(10-27-17)11-6-4-3-5-7-11;1-24-13(21)6-8-18-14(22)10-7-9-25-16(10)20-15(23)17-19-11-4-2-3-5-12(11)26-17;1-2-24-17(23)20-15(22)10-7-8-25-16(10)19-13(21)9-14-18-11-5-3-4-6-12(11)26-14;1-2-23-17(22)19-14(20)11-7-8-24-16(11)18-15(21)13-9-10-5-3-4-6-12(10)25-13/h3-10H,2H2,1H3,(H,20,23)(H,21,22,24);2-5,7,9H,6,8H2,1H3,(H,18,22)(H,20,23);3-8H,2,9H2,1H3,(H,19,21)(H,20,22,23);7-9H,2-6H2,1H3,(H,18,21)(H,19,20,22). The molecule has 538 valence electrons. The second-order valence-electron chi connectivity index (χ2n) is 21.1. The summed E-state index contributed by atoms with van der Waals surface area (Å²) >= 11 is 10.3. The summed E-state index contributed by atoms with van der Waals surface area (Å²) < 4.78 is 20.5. The molecule has 27 nitrogen and oxygen atoms in total. The highest BCUT2D eigenvalue weighted by atomic mass is 32.1. The molecule has 8 heterocycles. The van der Waals surface area contributed by atoms with Gasteiger partial charge in [-0.3, -0.25) is 59.1 Å². The first-order valence-corrected chi connectivity index (χ1v) is 38.3. The summed E-state index contributed by atoms with van der Waals surface area (Å²) in [4.78, 5) is 159. The summed E-state index contributed by atoms with van der Waals surface area (Å²) in [5, 5.41) is 31.2. The monoisotopic (exact) mass is 1560 g/mol. The van der Waals surface area contributed by atoms with Crippen LogP contribution in [0.4, 0.5) is 34.4 Å². The van der Waals surface area contributed by atoms with Crippen molar-refractivity contribution in [1.29, 1.82) is 0 Å². The molecular weight excluding hydrogens is 1500 g/mol. The molecular formula is C69H63N11O16S8. The number of fused-ring (bicyclic) bond motifs is 3. The van der Waals surface area contributed by atoms with Crippen LogP contribution in [-0.2, 0) is 47.8 Å². The molecule has 104 heavy (non-hydrogen) atoms. The van der Waals surface area contributed by atoms with Crippen LogP contribution in [0.25, 0.3) is 31.7 Å². The second-order valence-corrected chi connectivity index (χ2v) is 28.9.